The zero-order valence-electron chi connectivity index (χ0n) is 16.2. The predicted octanol–water partition coefficient (Wildman–Crippen LogP) is 2.75. The summed E-state index contributed by atoms with van der Waals surface area (Å²) in [5.74, 6) is 0. The van der Waals surface area contributed by atoms with Crippen LogP contribution in [-0.2, 0) is 15.9 Å². The van der Waals surface area contributed by atoms with Gasteiger partial charge in [0.2, 0.25) is 6.29 Å². The SMILES string of the molecule is CCN(C)C(=O)O[C@@H]1CN(C2CCNCC2)[C@@H](Cc2ccc(Cl)cc2)CO1. The first kappa shape index (κ1) is 20.4. The summed E-state index contributed by atoms with van der Waals surface area (Å²) < 4.78 is 11.5. The summed E-state index contributed by atoms with van der Waals surface area (Å²) in [4.78, 5) is 16.2. The van der Waals surface area contributed by atoms with E-state index in [9.17, 15) is 4.79 Å². The van der Waals surface area contributed by atoms with Crippen molar-refractivity contribution in [3.05, 3.63) is 34.9 Å². The Hall–Kier alpha value is -1.34. The van der Waals surface area contributed by atoms with Gasteiger partial charge in [-0.25, -0.2) is 4.79 Å². The molecule has 7 heteroatoms. The quantitative estimate of drug-likeness (QED) is 0.830. The summed E-state index contributed by atoms with van der Waals surface area (Å²) in [5, 5.41) is 4.18. The van der Waals surface area contributed by atoms with Crippen LogP contribution in [0.1, 0.15) is 25.3 Å². The topological polar surface area (TPSA) is 54.0 Å². The molecule has 2 atom stereocenters. The number of hydrogen-bond donors (Lipinski definition) is 1. The van der Waals surface area contributed by atoms with Gasteiger partial charge in [0.05, 0.1) is 13.2 Å². The Kier molecular flexibility index (Phi) is 7.35. The average molecular weight is 396 g/mol. The molecule has 6 nitrogen and oxygen atoms in total. The number of nitrogens with one attached hydrogen (secondary N) is 1. The van der Waals surface area contributed by atoms with Crippen molar-refractivity contribution in [2.45, 2.75) is 44.6 Å². The maximum Gasteiger partial charge on any atom is 0.411 e. The number of nitrogens with zero attached hydrogens (tertiary/aromatic N) is 2. The molecular formula is C20H30ClN3O3. The summed E-state index contributed by atoms with van der Waals surface area (Å²) in [7, 11) is 1.74. The van der Waals surface area contributed by atoms with Gasteiger partial charge in [0.25, 0.3) is 0 Å². The Bertz CT molecular complexity index is 607. The van der Waals surface area contributed by atoms with Gasteiger partial charge in [0.15, 0.2) is 0 Å². The molecule has 1 N–H and O–H groups in total. The maximum absolute atomic E-state index is 12.1. The molecule has 0 spiro atoms. The van der Waals surface area contributed by atoms with Gasteiger partial charge in [-0.15, -0.1) is 0 Å². The van der Waals surface area contributed by atoms with Crippen LogP contribution in [0.4, 0.5) is 4.79 Å². The Labute approximate surface area is 166 Å². The smallest absolute Gasteiger partial charge is 0.411 e. The van der Waals surface area contributed by atoms with Crippen molar-refractivity contribution in [3.63, 3.8) is 0 Å². The molecule has 2 saturated heterocycles. The summed E-state index contributed by atoms with van der Waals surface area (Å²) in [6, 6.07) is 8.77. The van der Waals surface area contributed by atoms with E-state index in [0.29, 0.717) is 25.7 Å². The molecular weight excluding hydrogens is 366 g/mol. The molecule has 2 heterocycles. The van der Waals surface area contributed by atoms with Crippen LogP contribution in [0.25, 0.3) is 0 Å². The molecule has 1 aromatic rings. The number of amides is 1. The number of rotatable bonds is 5. The van der Waals surface area contributed by atoms with Crippen molar-refractivity contribution in [1.82, 2.24) is 15.1 Å². The van der Waals surface area contributed by atoms with Gasteiger partial charge in [0.1, 0.15) is 0 Å². The second-order valence-corrected chi connectivity index (χ2v) is 7.76. The van der Waals surface area contributed by atoms with E-state index in [-0.39, 0.29) is 12.1 Å². The second-order valence-electron chi connectivity index (χ2n) is 7.32. The standard InChI is InChI=1S/C20H30ClN3O3/c1-3-23(2)20(25)27-19-13-24(17-8-10-22-11-9-17)18(14-26-19)12-15-4-6-16(21)7-5-15/h4-7,17-19,22H,3,8-14H2,1-2H3/t18-,19+/m0/s1. The molecule has 1 amide bonds. The molecule has 0 bridgehead atoms. The largest absolute Gasteiger partial charge is 0.418 e. The molecule has 0 radical (unpaired) electrons. The van der Waals surface area contributed by atoms with Gasteiger partial charge in [-0.1, -0.05) is 23.7 Å². The van der Waals surface area contributed by atoms with E-state index in [4.69, 9.17) is 21.1 Å². The van der Waals surface area contributed by atoms with E-state index in [1.807, 2.05) is 19.1 Å². The van der Waals surface area contributed by atoms with Crippen LogP contribution < -0.4 is 5.32 Å². The number of carbonyl (C=O) groups is 1. The van der Waals surface area contributed by atoms with Crippen LogP contribution >= 0.6 is 11.6 Å². The minimum atomic E-state index is -0.511. The fourth-order valence-electron chi connectivity index (χ4n) is 3.75. The first-order valence-corrected chi connectivity index (χ1v) is 10.2. The molecule has 1 aromatic carbocycles. The normalized spacial score (nSPS) is 24.6. The summed E-state index contributed by atoms with van der Waals surface area (Å²) >= 11 is 6.02. The van der Waals surface area contributed by atoms with E-state index >= 15 is 0 Å². The van der Waals surface area contributed by atoms with E-state index in [1.165, 1.54) is 5.56 Å². The molecule has 2 aliphatic rings. The number of hydrogen-bond acceptors (Lipinski definition) is 5. The molecule has 150 valence electrons. The summed E-state index contributed by atoms with van der Waals surface area (Å²) in [6.45, 7) is 5.76. The summed E-state index contributed by atoms with van der Waals surface area (Å²) in [5.41, 5.74) is 1.24. The Balaban J connectivity index is 1.67. The molecule has 2 aliphatic heterocycles. The Morgan fingerprint density at radius 2 is 2.04 bits per heavy atom. The number of piperidine rings is 1. The maximum atomic E-state index is 12.1. The fraction of sp³-hybridized carbons (Fsp3) is 0.650. The van der Waals surface area contributed by atoms with Gasteiger partial charge >= 0.3 is 6.09 Å². The molecule has 0 unspecified atom stereocenters. The van der Waals surface area contributed by atoms with E-state index in [1.54, 1.807) is 11.9 Å². The lowest BCUT2D eigenvalue weighted by atomic mass is 9.98. The highest BCUT2D eigenvalue weighted by molar-refractivity contribution is 6.30. The molecule has 0 saturated carbocycles. The van der Waals surface area contributed by atoms with E-state index in [0.717, 1.165) is 37.4 Å². The Morgan fingerprint density at radius 3 is 2.70 bits per heavy atom. The van der Waals surface area contributed by atoms with Gasteiger partial charge in [-0.2, -0.15) is 0 Å². The first-order chi connectivity index (χ1) is 13.1. The van der Waals surface area contributed by atoms with Gasteiger partial charge in [-0.3, -0.25) is 4.90 Å². The number of halogens is 1. The highest BCUT2D eigenvalue weighted by atomic mass is 35.5. The van der Waals surface area contributed by atoms with Crippen LogP contribution in [0.5, 0.6) is 0 Å². The number of ether oxygens (including phenoxy) is 2. The van der Waals surface area contributed by atoms with Crippen LogP contribution in [0.3, 0.4) is 0 Å². The third-order valence-corrected chi connectivity index (χ3v) is 5.74. The van der Waals surface area contributed by atoms with Crippen molar-refractivity contribution in [3.8, 4) is 0 Å². The zero-order valence-corrected chi connectivity index (χ0v) is 17.0. The van der Waals surface area contributed by atoms with Crippen molar-refractivity contribution in [1.29, 1.82) is 0 Å². The van der Waals surface area contributed by atoms with E-state index in [2.05, 4.69) is 22.3 Å². The highest BCUT2D eigenvalue weighted by Crippen LogP contribution is 2.24. The van der Waals surface area contributed by atoms with Gasteiger partial charge < -0.3 is 19.7 Å². The number of morpholine rings is 1. The van der Waals surface area contributed by atoms with Gasteiger partial charge in [0, 0.05) is 30.7 Å². The van der Waals surface area contributed by atoms with Crippen LogP contribution in [-0.4, -0.2) is 74.1 Å². The zero-order chi connectivity index (χ0) is 19.2. The average Bonchev–Trinajstić information content (AvgIpc) is 2.70. The second kappa shape index (κ2) is 9.73. The van der Waals surface area contributed by atoms with Crippen molar-refractivity contribution >= 4 is 17.7 Å². The van der Waals surface area contributed by atoms with Crippen molar-refractivity contribution < 1.29 is 14.3 Å². The van der Waals surface area contributed by atoms with Crippen molar-refractivity contribution in [2.75, 3.05) is 39.8 Å². The molecule has 3 rings (SSSR count). The summed E-state index contributed by atoms with van der Waals surface area (Å²) in [6.07, 6.45) is 2.27. The molecule has 2 fully saturated rings. The van der Waals surface area contributed by atoms with E-state index < -0.39 is 6.29 Å². The molecule has 27 heavy (non-hydrogen) atoms. The minimum Gasteiger partial charge on any atom is -0.418 e. The third-order valence-electron chi connectivity index (χ3n) is 5.48. The Morgan fingerprint density at radius 1 is 1.33 bits per heavy atom. The molecule has 0 aromatic heterocycles. The number of benzene rings is 1. The lowest BCUT2D eigenvalue weighted by Gasteiger charge is -2.45. The predicted molar refractivity (Wildman–Crippen MR) is 106 cm³/mol. The third kappa shape index (κ3) is 5.57. The van der Waals surface area contributed by atoms with Crippen molar-refractivity contribution in [2.24, 2.45) is 0 Å². The highest BCUT2D eigenvalue weighted by Gasteiger charge is 2.36. The van der Waals surface area contributed by atoms with Crippen LogP contribution in [0.2, 0.25) is 5.02 Å². The van der Waals surface area contributed by atoms with Crippen LogP contribution in [0, 0.1) is 0 Å². The lowest BCUT2D eigenvalue weighted by Crippen LogP contribution is -2.57. The fourth-order valence-corrected chi connectivity index (χ4v) is 3.87. The van der Waals surface area contributed by atoms with Gasteiger partial charge in [-0.05, 0) is 57.0 Å². The monoisotopic (exact) mass is 395 g/mol. The minimum absolute atomic E-state index is 0.271. The number of carbonyl (C=O) groups excluding carboxylic acids is 1. The molecule has 0 aliphatic carbocycles. The first-order valence-electron chi connectivity index (χ1n) is 9.81. The lowest BCUT2D eigenvalue weighted by molar-refractivity contribution is -0.178. The van der Waals surface area contributed by atoms with Crippen LogP contribution in [0.15, 0.2) is 24.3 Å².